The van der Waals surface area contributed by atoms with Gasteiger partial charge in [-0.25, -0.2) is 9.97 Å². The molecule has 2 amide bonds. The van der Waals surface area contributed by atoms with Crippen LogP contribution in [-0.2, 0) is 13.0 Å². The van der Waals surface area contributed by atoms with Crippen LogP contribution in [0.5, 0.6) is 0 Å². The van der Waals surface area contributed by atoms with Gasteiger partial charge < -0.3 is 19.6 Å². The van der Waals surface area contributed by atoms with Crippen LogP contribution >= 0.6 is 0 Å². The van der Waals surface area contributed by atoms with Crippen LogP contribution in [0.25, 0.3) is 0 Å². The molecule has 1 N–H and O–H groups in total. The van der Waals surface area contributed by atoms with Gasteiger partial charge in [0.1, 0.15) is 11.5 Å². The normalized spacial score (nSPS) is 16.3. The topological polar surface area (TPSA) is 104 Å². The number of fused-ring (bicyclic) bond motifs is 1. The largest absolute Gasteiger partial charge is 0.360 e. The van der Waals surface area contributed by atoms with Gasteiger partial charge in [-0.1, -0.05) is 19.0 Å². The molecule has 4 heterocycles. The van der Waals surface area contributed by atoms with E-state index < -0.39 is 0 Å². The second-order valence-corrected chi connectivity index (χ2v) is 7.82. The van der Waals surface area contributed by atoms with Gasteiger partial charge in [-0.15, -0.1) is 0 Å². The molecule has 0 radical (unpaired) electrons. The Bertz CT molecular complexity index is 932. The van der Waals surface area contributed by atoms with E-state index >= 15 is 0 Å². The summed E-state index contributed by atoms with van der Waals surface area (Å²) in [4.78, 5) is 38.6. The molecular weight excluding hydrogens is 372 g/mol. The van der Waals surface area contributed by atoms with Crippen molar-refractivity contribution in [2.45, 2.75) is 45.6 Å². The fourth-order valence-electron chi connectivity index (χ4n) is 3.77. The minimum absolute atomic E-state index is 0.0875. The average molecular weight is 398 g/mol. The van der Waals surface area contributed by atoms with E-state index in [1.54, 1.807) is 18.0 Å². The molecule has 0 saturated carbocycles. The predicted molar refractivity (Wildman–Crippen MR) is 106 cm³/mol. The molecule has 0 spiro atoms. The SMILES string of the molecule is CNc1nc2c(c(C(=O)N3CCCC3)n1)CN(C(=O)c1cc(C(C)C)on1)CC2. The molecule has 0 bridgehead atoms. The van der Waals surface area contributed by atoms with Crippen molar-refractivity contribution in [3.05, 3.63) is 34.5 Å². The highest BCUT2D eigenvalue weighted by Gasteiger charge is 2.32. The molecule has 0 atom stereocenters. The Hall–Kier alpha value is -2.97. The van der Waals surface area contributed by atoms with Crippen molar-refractivity contribution in [1.82, 2.24) is 24.9 Å². The third-order valence-corrected chi connectivity index (χ3v) is 5.48. The van der Waals surface area contributed by atoms with Crippen LogP contribution in [0, 0.1) is 0 Å². The smallest absolute Gasteiger partial charge is 0.276 e. The van der Waals surface area contributed by atoms with Gasteiger partial charge in [0, 0.05) is 50.7 Å². The minimum Gasteiger partial charge on any atom is -0.360 e. The molecule has 9 nitrogen and oxygen atoms in total. The highest BCUT2D eigenvalue weighted by Crippen LogP contribution is 2.25. The summed E-state index contributed by atoms with van der Waals surface area (Å²) in [5, 5.41) is 6.87. The summed E-state index contributed by atoms with van der Waals surface area (Å²) < 4.78 is 5.28. The summed E-state index contributed by atoms with van der Waals surface area (Å²) in [5.41, 5.74) is 2.23. The molecule has 154 valence electrons. The number of rotatable bonds is 4. The van der Waals surface area contributed by atoms with E-state index in [1.165, 1.54) is 0 Å². The number of hydrogen-bond acceptors (Lipinski definition) is 7. The molecule has 2 aromatic heterocycles. The molecule has 0 aromatic carbocycles. The fourth-order valence-corrected chi connectivity index (χ4v) is 3.77. The Balaban J connectivity index is 1.63. The van der Waals surface area contributed by atoms with Gasteiger partial charge in [-0.2, -0.15) is 0 Å². The second kappa shape index (κ2) is 7.81. The monoisotopic (exact) mass is 398 g/mol. The van der Waals surface area contributed by atoms with Crippen molar-refractivity contribution in [1.29, 1.82) is 0 Å². The first-order chi connectivity index (χ1) is 14.0. The highest BCUT2D eigenvalue weighted by atomic mass is 16.5. The van der Waals surface area contributed by atoms with E-state index in [2.05, 4.69) is 20.4 Å². The number of carbonyl (C=O) groups is 2. The standard InChI is InChI=1S/C20H26N6O3/c1-12(2)16-10-15(24-29-16)18(27)26-9-6-14-13(11-26)17(23-20(21-3)22-14)19(28)25-7-4-5-8-25/h10,12H,4-9,11H2,1-3H3,(H,21,22,23). The maximum Gasteiger partial charge on any atom is 0.276 e. The van der Waals surface area contributed by atoms with Crippen LogP contribution < -0.4 is 5.32 Å². The quantitative estimate of drug-likeness (QED) is 0.840. The van der Waals surface area contributed by atoms with Crippen molar-refractivity contribution in [2.75, 3.05) is 32.0 Å². The summed E-state index contributed by atoms with van der Waals surface area (Å²) in [5.74, 6) is 0.977. The number of amides is 2. The Morgan fingerprint density at radius 3 is 2.52 bits per heavy atom. The summed E-state index contributed by atoms with van der Waals surface area (Å²) in [6.45, 7) is 6.25. The Kier molecular flexibility index (Phi) is 5.21. The number of hydrogen-bond donors (Lipinski definition) is 1. The Morgan fingerprint density at radius 1 is 1.10 bits per heavy atom. The van der Waals surface area contributed by atoms with Crippen LogP contribution in [0.2, 0.25) is 0 Å². The lowest BCUT2D eigenvalue weighted by Crippen LogP contribution is -2.39. The van der Waals surface area contributed by atoms with E-state index in [1.807, 2.05) is 18.7 Å². The zero-order valence-corrected chi connectivity index (χ0v) is 17.1. The molecule has 0 aliphatic carbocycles. The first kappa shape index (κ1) is 19.4. The van der Waals surface area contributed by atoms with Gasteiger partial charge >= 0.3 is 0 Å². The summed E-state index contributed by atoms with van der Waals surface area (Å²) in [7, 11) is 1.74. The Morgan fingerprint density at radius 2 is 1.86 bits per heavy atom. The van der Waals surface area contributed by atoms with Crippen LogP contribution in [0.3, 0.4) is 0 Å². The number of nitrogens with zero attached hydrogens (tertiary/aromatic N) is 5. The summed E-state index contributed by atoms with van der Waals surface area (Å²) in [6, 6.07) is 1.69. The average Bonchev–Trinajstić information content (AvgIpc) is 3.43. The first-order valence-electron chi connectivity index (χ1n) is 10.1. The summed E-state index contributed by atoms with van der Waals surface area (Å²) in [6.07, 6.45) is 2.58. The molecule has 4 rings (SSSR count). The number of aromatic nitrogens is 3. The number of anilines is 1. The van der Waals surface area contributed by atoms with Crippen LogP contribution in [0.15, 0.2) is 10.6 Å². The molecule has 29 heavy (non-hydrogen) atoms. The first-order valence-corrected chi connectivity index (χ1v) is 10.1. The van der Waals surface area contributed by atoms with Crippen molar-refractivity contribution in [2.24, 2.45) is 0 Å². The van der Waals surface area contributed by atoms with Crippen LogP contribution in [-0.4, -0.2) is 63.4 Å². The number of nitrogens with one attached hydrogen (secondary N) is 1. The lowest BCUT2D eigenvalue weighted by Gasteiger charge is -2.29. The third-order valence-electron chi connectivity index (χ3n) is 5.48. The zero-order valence-electron chi connectivity index (χ0n) is 17.1. The molecule has 9 heteroatoms. The second-order valence-electron chi connectivity index (χ2n) is 7.82. The van der Waals surface area contributed by atoms with E-state index in [-0.39, 0.29) is 30.0 Å². The predicted octanol–water partition coefficient (Wildman–Crippen LogP) is 2.06. The van der Waals surface area contributed by atoms with Crippen molar-refractivity contribution >= 4 is 17.8 Å². The van der Waals surface area contributed by atoms with E-state index in [9.17, 15) is 9.59 Å². The fraction of sp³-hybridized carbons (Fsp3) is 0.550. The maximum atomic E-state index is 13.1. The van der Waals surface area contributed by atoms with Gasteiger partial charge in [0.2, 0.25) is 5.95 Å². The zero-order chi connectivity index (χ0) is 20.5. The lowest BCUT2D eigenvalue weighted by atomic mass is 10.0. The van der Waals surface area contributed by atoms with Crippen molar-refractivity contribution in [3.63, 3.8) is 0 Å². The van der Waals surface area contributed by atoms with Gasteiger partial charge in [0.25, 0.3) is 11.8 Å². The van der Waals surface area contributed by atoms with Crippen LogP contribution in [0.4, 0.5) is 5.95 Å². The van der Waals surface area contributed by atoms with Gasteiger partial charge in [-0.3, -0.25) is 9.59 Å². The van der Waals surface area contributed by atoms with Gasteiger partial charge in [0.05, 0.1) is 12.2 Å². The summed E-state index contributed by atoms with van der Waals surface area (Å²) >= 11 is 0. The third kappa shape index (κ3) is 3.68. The molecule has 2 aliphatic rings. The molecule has 0 unspecified atom stereocenters. The van der Waals surface area contributed by atoms with Gasteiger partial charge in [-0.05, 0) is 12.8 Å². The molecule has 2 aliphatic heterocycles. The Labute approximate surface area is 169 Å². The minimum atomic E-state index is -0.205. The molecular formula is C20H26N6O3. The van der Waals surface area contributed by atoms with Gasteiger partial charge in [0.15, 0.2) is 5.69 Å². The van der Waals surface area contributed by atoms with Crippen molar-refractivity contribution < 1.29 is 14.1 Å². The highest BCUT2D eigenvalue weighted by molar-refractivity contribution is 5.95. The van der Waals surface area contributed by atoms with E-state index in [4.69, 9.17) is 4.52 Å². The van der Waals surface area contributed by atoms with Crippen molar-refractivity contribution in [3.8, 4) is 0 Å². The molecule has 2 aromatic rings. The lowest BCUT2D eigenvalue weighted by molar-refractivity contribution is 0.0710. The molecule has 1 saturated heterocycles. The number of likely N-dealkylation sites (tertiary alicyclic amines) is 1. The van der Waals surface area contributed by atoms with E-state index in [0.29, 0.717) is 30.4 Å². The maximum absolute atomic E-state index is 13.1. The molecule has 1 fully saturated rings. The van der Waals surface area contributed by atoms with Crippen LogP contribution in [0.1, 0.15) is 70.6 Å². The van der Waals surface area contributed by atoms with E-state index in [0.717, 1.165) is 37.2 Å². The number of carbonyl (C=O) groups excluding carboxylic acids is 2.